The average Bonchev–Trinajstić information content (AvgIpc) is 2.50. The van der Waals surface area contributed by atoms with E-state index in [4.69, 9.17) is 9.47 Å². The van der Waals surface area contributed by atoms with Gasteiger partial charge in [-0.15, -0.1) is 0 Å². The molecular weight excluding hydrogens is 278 g/mol. The van der Waals surface area contributed by atoms with Crippen molar-refractivity contribution in [3.05, 3.63) is 24.3 Å². The van der Waals surface area contributed by atoms with Crippen LogP contribution in [0.15, 0.2) is 24.3 Å². The number of hydrogen-bond donors (Lipinski definition) is 1. The number of rotatable bonds is 6. The minimum absolute atomic E-state index is 0.0231. The molecule has 4 nitrogen and oxygen atoms in total. The monoisotopic (exact) mass is 305 g/mol. The van der Waals surface area contributed by atoms with E-state index in [2.05, 4.69) is 12.2 Å². The number of carbonyl (C=O) groups is 1. The zero-order valence-corrected chi connectivity index (χ0v) is 13.9. The van der Waals surface area contributed by atoms with Crippen molar-refractivity contribution in [2.45, 2.75) is 52.1 Å². The van der Waals surface area contributed by atoms with Crippen LogP contribution in [0.5, 0.6) is 5.75 Å². The van der Waals surface area contributed by atoms with Crippen LogP contribution in [0, 0.1) is 5.92 Å². The van der Waals surface area contributed by atoms with Crippen LogP contribution in [-0.2, 0) is 9.53 Å². The molecule has 1 aliphatic carbocycles. The molecule has 0 spiro atoms. The number of benzene rings is 1. The molecule has 0 aliphatic heterocycles. The second-order valence-corrected chi connectivity index (χ2v) is 6.04. The summed E-state index contributed by atoms with van der Waals surface area (Å²) in [5, 5.41) is 3.01. The minimum atomic E-state index is -0.676. The molecule has 1 N–H and O–H groups in total. The third-order valence-corrected chi connectivity index (χ3v) is 4.21. The molecule has 4 heteroatoms. The van der Waals surface area contributed by atoms with Crippen molar-refractivity contribution in [2.24, 2.45) is 5.92 Å². The minimum Gasteiger partial charge on any atom is -0.494 e. The largest absolute Gasteiger partial charge is 0.494 e. The van der Waals surface area contributed by atoms with Crippen LogP contribution in [0.1, 0.15) is 46.5 Å². The van der Waals surface area contributed by atoms with Crippen molar-refractivity contribution in [1.29, 1.82) is 0 Å². The summed E-state index contributed by atoms with van der Waals surface area (Å²) in [5.74, 6) is 1.31. The lowest BCUT2D eigenvalue weighted by Crippen LogP contribution is -2.48. The van der Waals surface area contributed by atoms with Crippen LogP contribution in [0.3, 0.4) is 0 Å². The molecule has 0 radical (unpaired) electrons. The first-order valence-corrected chi connectivity index (χ1v) is 8.28. The Morgan fingerprint density at radius 1 is 1.27 bits per heavy atom. The van der Waals surface area contributed by atoms with Gasteiger partial charge in [0.2, 0.25) is 0 Å². The molecule has 22 heavy (non-hydrogen) atoms. The predicted molar refractivity (Wildman–Crippen MR) is 88.2 cm³/mol. The van der Waals surface area contributed by atoms with Gasteiger partial charge >= 0.3 is 0 Å². The van der Waals surface area contributed by atoms with Gasteiger partial charge < -0.3 is 14.8 Å². The quantitative estimate of drug-likeness (QED) is 0.864. The van der Waals surface area contributed by atoms with Crippen LogP contribution in [0.25, 0.3) is 0 Å². The number of anilines is 1. The van der Waals surface area contributed by atoms with Crippen molar-refractivity contribution < 1.29 is 14.3 Å². The Balaban J connectivity index is 2.07. The van der Waals surface area contributed by atoms with E-state index in [1.54, 1.807) is 0 Å². The van der Waals surface area contributed by atoms with E-state index in [-0.39, 0.29) is 5.91 Å². The number of nitrogens with one attached hydrogen (secondary N) is 1. The summed E-state index contributed by atoms with van der Waals surface area (Å²) in [7, 11) is 0. The molecule has 1 aromatic rings. The zero-order valence-electron chi connectivity index (χ0n) is 13.9. The molecule has 0 aromatic heterocycles. The smallest absolute Gasteiger partial charge is 0.256 e. The van der Waals surface area contributed by atoms with E-state index < -0.39 is 5.60 Å². The van der Waals surface area contributed by atoms with Gasteiger partial charge in [-0.25, -0.2) is 0 Å². The SMILES string of the molecule is CCOc1ccc(NC(=O)[C@]2(OCC)CCC[C@H](C)C2)cc1. The van der Waals surface area contributed by atoms with E-state index in [9.17, 15) is 4.79 Å². The first-order valence-electron chi connectivity index (χ1n) is 8.28. The predicted octanol–water partition coefficient (Wildman–Crippen LogP) is 4.01. The summed E-state index contributed by atoms with van der Waals surface area (Å²) < 4.78 is 11.3. The third kappa shape index (κ3) is 4.01. The highest BCUT2D eigenvalue weighted by atomic mass is 16.5. The molecular formula is C18H27NO3. The summed E-state index contributed by atoms with van der Waals surface area (Å²) in [6, 6.07) is 7.48. The molecule has 0 saturated heterocycles. The average molecular weight is 305 g/mol. The lowest BCUT2D eigenvalue weighted by atomic mass is 9.78. The Morgan fingerprint density at radius 3 is 2.59 bits per heavy atom. The zero-order chi connectivity index (χ0) is 16.0. The summed E-state index contributed by atoms with van der Waals surface area (Å²) >= 11 is 0. The Labute approximate surface area is 133 Å². The lowest BCUT2D eigenvalue weighted by molar-refractivity contribution is -0.147. The Kier molecular flexibility index (Phi) is 5.83. The second-order valence-electron chi connectivity index (χ2n) is 6.04. The Hall–Kier alpha value is -1.55. The van der Waals surface area contributed by atoms with Gasteiger partial charge in [-0.2, -0.15) is 0 Å². The fourth-order valence-corrected chi connectivity index (χ4v) is 3.23. The molecule has 1 aliphatic rings. The highest BCUT2D eigenvalue weighted by molar-refractivity contribution is 5.97. The molecule has 0 heterocycles. The van der Waals surface area contributed by atoms with Gasteiger partial charge in [0.05, 0.1) is 6.61 Å². The van der Waals surface area contributed by atoms with Crippen LogP contribution >= 0.6 is 0 Å². The maximum atomic E-state index is 12.8. The standard InChI is InChI=1S/C18H27NO3/c1-4-21-16-10-8-15(9-11-16)19-17(20)18(22-5-2)12-6-7-14(3)13-18/h8-11,14H,4-7,12-13H2,1-3H3,(H,19,20)/t14-,18-/m0/s1. The number of amides is 1. The number of ether oxygens (including phenoxy) is 2. The van der Waals surface area contributed by atoms with E-state index in [1.807, 2.05) is 38.1 Å². The summed E-state index contributed by atoms with van der Waals surface area (Å²) in [6.07, 6.45) is 3.81. The normalized spacial score (nSPS) is 24.8. The van der Waals surface area contributed by atoms with Crippen molar-refractivity contribution in [2.75, 3.05) is 18.5 Å². The summed E-state index contributed by atoms with van der Waals surface area (Å²) in [6.45, 7) is 7.29. The first kappa shape index (κ1) is 16.8. The molecule has 1 amide bonds. The number of carbonyl (C=O) groups excluding carboxylic acids is 1. The van der Waals surface area contributed by atoms with Crippen LogP contribution < -0.4 is 10.1 Å². The van der Waals surface area contributed by atoms with Crippen LogP contribution in [-0.4, -0.2) is 24.7 Å². The van der Waals surface area contributed by atoms with Gasteiger partial charge in [-0.05, 0) is 63.3 Å². The molecule has 1 fully saturated rings. The van der Waals surface area contributed by atoms with Crippen molar-refractivity contribution >= 4 is 11.6 Å². The van der Waals surface area contributed by atoms with Gasteiger partial charge in [0.15, 0.2) is 0 Å². The highest BCUT2D eigenvalue weighted by Crippen LogP contribution is 2.36. The van der Waals surface area contributed by atoms with Gasteiger partial charge in [-0.1, -0.05) is 13.3 Å². The molecule has 0 bridgehead atoms. The maximum absolute atomic E-state index is 12.8. The van der Waals surface area contributed by atoms with Crippen molar-refractivity contribution in [3.63, 3.8) is 0 Å². The summed E-state index contributed by atoms with van der Waals surface area (Å²) in [4.78, 5) is 12.8. The van der Waals surface area contributed by atoms with Gasteiger partial charge in [-0.3, -0.25) is 4.79 Å². The molecule has 1 saturated carbocycles. The molecule has 122 valence electrons. The van der Waals surface area contributed by atoms with Crippen LogP contribution in [0.2, 0.25) is 0 Å². The lowest BCUT2D eigenvalue weighted by Gasteiger charge is -2.38. The van der Waals surface area contributed by atoms with Crippen LogP contribution in [0.4, 0.5) is 5.69 Å². The topological polar surface area (TPSA) is 47.6 Å². The fraction of sp³-hybridized carbons (Fsp3) is 0.611. The van der Waals surface area contributed by atoms with E-state index in [1.165, 1.54) is 6.42 Å². The molecule has 2 atom stereocenters. The van der Waals surface area contributed by atoms with Gasteiger partial charge in [0.25, 0.3) is 5.91 Å². The Morgan fingerprint density at radius 2 is 2.00 bits per heavy atom. The van der Waals surface area contributed by atoms with E-state index in [0.29, 0.717) is 19.1 Å². The van der Waals surface area contributed by atoms with Crippen molar-refractivity contribution in [3.8, 4) is 5.75 Å². The van der Waals surface area contributed by atoms with Gasteiger partial charge in [0.1, 0.15) is 11.4 Å². The molecule has 0 unspecified atom stereocenters. The number of hydrogen-bond acceptors (Lipinski definition) is 3. The molecule has 2 rings (SSSR count). The van der Waals surface area contributed by atoms with Gasteiger partial charge in [0, 0.05) is 12.3 Å². The van der Waals surface area contributed by atoms with Crippen molar-refractivity contribution in [1.82, 2.24) is 0 Å². The summed E-state index contributed by atoms with van der Waals surface area (Å²) in [5.41, 5.74) is 0.108. The third-order valence-electron chi connectivity index (χ3n) is 4.21. The van der Waals surface area contributed by atoms with E-state index in [0.717, 1.165) is 30.7 Å². The van der Waals surface area contributed by atoms with E-state index >= 15 is 0 Å². The second kappa shape index (κ2) is 7.63. The Bertz CT molecular complexity index is 482. The highest BCUT2D eigenvalue weighted by Gasteiger charge is 2.42. The fourth-order valence-electron chi connectivity index (χ4n) is 3.23. The first-order chi connectivity index (χ1) is 10.6. The maximum Gasteiger partial charge on any atom is 0.256 e. The molecule has 1 aromatic carbocycles.